The number of nitrogen functional groups attached to an aromatic ring is 1. The van der Waals surface area contributed by atoms with Gasteiger partial charge in [-0.05, 0) is 43.8 Å². The molecule has 3 nitrogen and oxygen atoms in total. The summed E-state index contributed by atoms with van der Waals surface area (Å²) in [5.41, 5.74) is 13.3. The molecule has 18 heavy (non-hydrogen) atoms. The minimum absolute atomic E-state index is 0.704. The number of unbranched alkanes of at least 4 members (excludes halogenated alkanes) is 1. The Kier molecular flexibility index (Phi) is 14.5. The lowest BCUT2D eigenvalue weighted by Crippen LogP contribution is -1.89. The SMILES string of the molecule is C=Nc1cc(CCCC)ccc1N.CC.CCN. The predicted octanol–water partition coefficient (Wildman–Crippen LogP) is 3.93. The van der Waals surface area contributed by atoms with Gasteiger partial charge in [0.1, 0.15) is 0 Å². The predicted molar refractivity (Wildman–Crippen MR) is 84.8 cm³/mol. The molecule has 0 spiro atoms. The molecule has 0 saturated heterocycles. The summed E-state index contributed by atoms with van der Waals surface area (Å²) < 4.78 is 0. The molecular weight excluding hydrogens is 222 g/mol. The first kappa shape index (κ1) is 19.0. The second-order valence-corrected chi connectivity index (χ2v) is 3.56. The molecule has 1 aromatic rings. The van der Waals surface area contributed by atoms with Crippen LogP contribution in [0.4, 0.5) is 11.4 Å². The molecule has 0 fully saturated rings. The average Bonchev–Trinajstić information content (AvgIpc) is 2.41. The van der Waals surface area contributed by atoms with Gasteiger partial charge >= 0.3 is 0 Å². The Labute approximate surface area is 112 Å². The van der Waals surface area contributed by atoms with Crippen molar-refractivity contribution in [1.82, 2.24) is 0 Å². The number of nitrogens with zero attached hydrogens (tertiary/aromatic N) is 1. The molecule has 0 aliphatic rings. The van der Waals surface area contributed by atoms with E-state index >= 15 is 0 Å². The standard InChI is InChI=1S/C11H16N2.C2H7N.C2H6/c1-3-4-5-9-6-7-10(12)11(8-9)13-2;1-2-3;1-2/h6-8H,2-5,12H2,1H3;2-3H2,1H3;1-2H3. The molecule has 4 N–H and O–H groups in total. The molecular formula is C15H29N3. The fourth-order valence-corrected chi connectivity index (χ4v) is 1.26. The van der Waals surface area contributed by atoms with E-state index < -0.39 is 0 Å². The Bertz CT molecular complexity index is 309. The minimum Gasteiger partial charge on any atom is -0.397 e. The minimum atomic E-state index is 0.704. The van der Waals surface area contributed by atoms with Crippen LogP contribution < -0.4 is 11.5 Å². The monoisotopic (exact) mass is 251 g/mol. The largest absolute Gasteiger partial charge is 0.397 e. The maximum absolute atomic E-state index is 5.69. The van der Waals surface area contributed by atoms with Crippen LogP contribution in [0, 0.1) is 0 Å². The average molecular weight is 251 g/mol. The van der Waals surface area contributed by atoms with E-state index in [1.807, 2.05) is 32.9 Å². The summed E-state index contributed by atoms with van der Waals surface area (Å²) in [4.78, 5) is 3.86. The smallest absolute Gasteiger partial charge is 0.0854 e. The molecule has 3 heteroatoms. The van der Waals surface area contributed by atoms with Gasteiger partial charge in [0.15, 0.2) is 0 Å². The Morgan fingerprint density at radius 3 is 2.22 bits per heavy atom. The van der Waals surface area contributed by atoms with Crippen molar-refractivity contribution in [3.05, 3.63) is 23.8 Å². The van der Waals surface area contributed by atoms with Crippen molar-refractivity contribution in [2.75, 3.05) is 12.3 Å². The number of benzene rings is 1. The zero-order chi connectivity index (χ0) is 14.4. The second-order valence-electron chi connectivity index (χ2n) is 3.56. The summed E-state index contributed by atoms with van der Waals surface area (Å²) in [6, 6.07) is 5.96. The van der Waals surface area contributed by atoms with E-state index in [2.05, 4.69) is 24.7 Å². The Morgan fingerprint density at radius 2 is 1.78 bits per heavy atom. The first-order valence-corrected chi connectivity index (χ1v) is 6.74. The third-order valence-electron chi connectivity index (χ3n) is 2.08. The second kappa shape index (κ2) is 13.7. The van der Waals surface area contributed by atoms with Crippen LogP contribution in [0.2, 0.25) is 0 Å². The maximum Gasteiger partial charge on any atom is 0.0854 e. The molecule has 0 saturated carbocycles. The van der Waals surface area contributed by atoms with Crippen molar-refractivity contribution in [2.24, 2.45) is 10.7 Å². The molecule has 0 atom stereocenters. The summed E-state index contributed by atoms with van der Waals surface area (Å²) in [6.45, 7) is 12.3. The van der Waals surface area contributed by atoms with Gasteiger partial charge in [0.25, 0.3) is 0 Å². The number of nitrogens with two attached hydrogens (primary N) is 2. The van der Waals surface area contributed by atoms with Crippen LogP contribution in [0.5, 0.6) is 0 Å². The van der Waals surface area contributed by atoms with E-state index in [4.69, 9.17) is 11.5 Å². The van der Waals surface area contributed by atoms with Crippen LogP contribution in [0.3, 0.4) is 0 Å². The van der Waals surface area contributed by atoms with Gasteiger partial charge in [-0.1, -0.05) is 40.2 Å². The van der Waals surface area contributed by atoms with Crippen molar-refractivity contribution in [1.29, 1.82) is 0 Å². The molecule has 0 radical (unpaired) electrons. The molecule has 0 unspecified atom stereocenters. The van der Waals surface area contributed by atoms with E-state index in [0.29, 0.717) is 5.69 Å². The van der Waals surface area contributed by atoms with Crippen molar-refractivity contribution in [3.8, 4) is 0 Å². The van der Waals surface area contributed by atoms with E-state index in [0.717, 1.165) is 18.7 Å². The van der Waals surface area contributed by atoms with Crippen LogP contribution in [0.15, 0.2) is 23.2 Å². The lowest BCUT2D eigenvalue weighted by Gasteiger charge is -2.03. The quantitative estimate of drug-likeness (QED) is 0.629. The van der Waals surface area contributed by atoms with Gasteiger partial charge < -0.3 is 11.5 Å². The summed E-state index contributed by atoms with van der Waals surface area (Å²) in [5.74, 6) is 0. The first-order valence-electron chi connectivity index (χ1n) is 6.74. The zero-order valence-electron chi connectivity index (χ0n) is 12.4. The van der Waals surface area contributed by atoms with Gasteiger partial charge in [0.2, 0.25) is 0 Å². The van der Waals surface area contributed by atoms with Crippen LogP contribution >= 0.6 is 0 Å². The molecule has 0 bridgehead atoms. The van der Waals surface area contributed by atoms with Gasteiger partial charge in [0, 0.05) is 0 Å². The molecule has 0 aliphatic heterocycles. The normalized spacial score (nSPS) is 8.50. The third kappa shape index (κ3) is 8.76. The van der Waals surface area contributed by atoms with Crippen LogP contribution in [-0.4, -0.2) is 13.3 Å². The van der Waals surface area contributed by atoms with Crippen LogP contribution in [0.25, 0.3) is 0 Å². The van der Waals surface area contributed by atoms with Crippen LogP contribution in [0.1, 0.15) is 46.1 Å². The zero-order valence-corrected chi connectivity index (χ0v) is 12.4. The molecule has 104 valence electrons. The van der Waals surface area contributed by atoms with Gasteiger partial charge in [-0.3, -0.25) is 4.99 Å². The molecule has 1 rings (SSSR count). The summed E-state index contributed by atoms with van der Waals surface area (Å²) in [5, 5.41) is 0. The van der Waals surface area contributed by atoms with Gasteiger partial charge in [0.05, 0.1) is 11.4 Å². The van der Waals surface area contributed by atoms with Crippen molar-refractivity contribution < 1.29 is 0 Å². The highest BCUT2D eigenvalue weighted by molar-refractivity contribution is 5.65. The number of anilines is 1. The summed E-state index contributed by atoms with van der Waals surface area (Å²) in [6.07, 6.45) is 3.51. The van der Waals surface area contributed by atoms with E-state index in [-0.39, 0.29) is 0 Å². The third-order valence-corrected chi connectivity index (χ3v) is 2.08. The summed E-state index contributed by atoms with van der Waals surface area (Å²) in [7, 11) is 0. The van der Waals surface area contributed by atoms with E-state index in [9.17, 15) is 0 Å². The number of aliphatic imine (C=N–C) groups is 1. The number of hydrogen-bond acceptors (Lipinski definition) is 3. The van der Waals surface area contributed by atoms with Gasteiger partial charge in [-0.25, -0.2) is 0 Å². The van der Waals surface area contributed by atoms with Crippen molar-refractivity contribution in [2.45, 2.75) is 47.0 Å². The first-order chi connectivity index (χ1) is 8.69. The molecule has 0 heterocycles. The Hall–Kier alpha value is -1.35. The molecule has 0 aliphatic carbocycles. The van der Waals surface area contributed by atoms with E-state index in [1.54, 1.807) is 0 Å². The Balaban J connectivity index is 0. The highest BCUT2D eigenvalue weighted by atomic mass is 14.7. The number of aryl methyl sites for hydroxylation is 1. The van der Waals surface area contributed by atoms with Gasteiger partial charge in [-0.15, -0.1) is 0 Å². The lowest BCUT2D eigenvalue weighted by atomic mass is 10.1. The van der Waals surface area contributed by atoms with Gasteiger partial charge in [-0.2, -0.15) is 0 Å². The number of rotatable bonds is 4. The van der Waals surface area contributed by atoms with E-state index in [1.165, 1.54) is 18.4 Å². The lowest BCUT2D eigenvalue weighted by molar-refractivity contribution is 0.795. The fraction of sp³-hybridized carbons (Fsp3) is 0.533. The maximum atomic E-state index is 5.69. The highest BCUT2D eigenvalue weighted by Crippen LogP contribution is 2.23. The topological polar surface area (TPSA) is 64.4 Å². The molecule has 0 aromatic heterocycles. The molecule has 1 aromatic carbocycles. The van der Waals surface area contributed by atoms with Crippen molar-refractivity contribution >= 4 is 18.1 Å². The van der Waals surface area contributed by atoms with Crippen LogP contribution in [-0.2, 0) is 6.42 Å². The van der Waals surface area contributed by atoms with Crippen molar-refractivity contribution in [3.63, 3.8) is 0 Å². The fourth-order valence-electron chi connectivity index (χ4n) is 1.26. The molecule has 0 amide bonds. The Morgan fingerprint density at radius 1 is 1.22 bits per heavy atom. The number of hydrogen-bond donors (Lipinski definition) is 2. The summed E-state index contributed by atoms with van der Waals surface area (Å²) >= 11 is 0. The highest BCUT2D eigenvalue weighted by Gasteiger charge is 1.98.